The fraction of sp³-hybridized carbons (Fsp3) is 0.500. The average Bonchev–Trinajstić information content (AvgIpc) is 3.07. The Morgan fingerprint density at radius 1 is 1.50 bits per heavy atom. The number of nitrogens with one attached hydrogen (secondary N) is 1. The quantitative estimate of drug-likeness (QED) is 0.781. The van der Waals surface area contributed by atoms with Gasteiger partial charge in [-0.1, -0.05) is 6.07 Å². The second kappa shape index (κ2) is 5.40. The Kier molecular flexibility index (Phi) is 3.87. The van der Waals surface area contributed by atoms with Crippen LogP contribution < -0.4 is 11.1 Å². The highest BCUT2D eigenvalue weighted by molar-refractivity contribution is 5.93. The van der Waals surface area contributed by atoms with Gasteiger partial charge in [0.25, 0.3) is 0 Å². The van der Waals surface area contributed by atoms with Gasteiger partial charge in [0.2, 0.25) is 5.91 Å². The SMILES string of the molecule is Cc1ccc(N)cc1NC(=O)CN(C)CC1CC1. The van der Waals surface area contributed by atoms with Crippen molar-refractivity contribution < 1.29 is 4.79 Å². The lowest BCUT2D eigenvalue weighted by Crippen LogP contribution is -2.31. The van der Waals surface area contributed by atoms with Gasteiger partial charge in [-0.2, -0.15) is 0 Å². The number of rotatable bonds is 5. The van der Waals surface area contributed by atoms with E-state index in [-0.39, 0.29) is 5.91 Å². The molecule has 0 atom stereocenters. The molecule has 0 aliphatic heterocycles. The molecular formula is C14H21N3O. The molecule has 0 radical (unpaired) electrons. The topological polar surface area (TPSA) is 58.4 Å². The van der Waals surface area contributed by atoms with E-state index in [0.717, 1.165) is 23.7 Å². The van der Waals surface area contributed by atoms with Gasteiger partial charge in [-0.3, -0.25) is 9.69 Å². The third-order valence-corrected chi connectivity index (χ3v) is 3.22. The van der Waals surface area contributed by atoms with Crippen molar-refractivity contribution in [2.75, 3.05) is 31.2 Å². The number of carbonyl (C=O) groups is 1. The summed E-state index contributed by atoms with van der Waals surface area (Å²) in [4.78, 5) is 14.0. The number of nitrogens with two attached hydrogens (primary N) is 1. The van der Waals surface area contributed by atoms with E-state index in [9.17, 15) is 4.79 Å². The van der Waals surface area contributed by atoms with Crippen LogP contribution >= 0.6 is 0 Å². The molecule has 0 unspecified atom stereocenters. The number of likely N-dealkylation sites (N-methyl/N-ethyl adjacent to an activating group) is 1. The molecule has 1 amide bonds. The highest BCUT2D eigenvalue weighted by Gasteiger charge is 2.23. The Labute approximate surface area is 108 Å². The Bertz CT molecular complexity index is 441. The molecule has 0 heterocycles. The van der Waals surface area contributed by atoms with Crippen molar-refractivity contribution in [1.29, 1.82) is 0 Å². The minimum Gasteiger partial charge on any atom is -0.399 e. The summed E-state index contributed by atoms with van der Waals surface area (Å²) in [5.74, 6) is 0.823. The van der Waals surface area contributed by atoms with Gasteiger partial charge in [0, 0.05) is 17.9 Å². The first-order valence-corrected chi connectivity index (χ1v) is 6.39. The molecule has 4 nitrogen and oxygen atoms in total. The third kappa shape index (κ3) is 3.74. The summed E-state index contributed by atoms with van der Waals surface area (Å²) in [6.07, 6.45) is 2.61. The Morgan fingerprint density at radius 2 is 2.22 bits per heavy atom. The molecule has 18 heavy (non-hydrogen) atoms. The van der Waals surface area contributed by atoms with Gasteiger partial charge in [-0.15, -0.1) is 0 Å². The van der Waals surface area contributed by atoms with E-state index < -0.39 is 0 Å². The first-order valence-electron chi connectivity index (χ1n) is 6.39. The van der Waals surface area contributed by atoms with Crippen LogP contribution in [0.25, 0.3) is 0 Å². The van der Waals surface area contributed by atoms with Gasteiger partial charge in [-0.25, -0.2) is 0 Å². The van der Waals surface area contributed by atoms with Gasteiger partial charge in [0.15, 0.2) is 0 Å². The van der Waals surface area contributed by atoms with Crippen molar-refractivity contribution in [3.63, 3.8) is 0 Å². The molecule has 1 aliphatic rings. The van der Waals surface area contributed by atoms with E-state index >= 15 is 0 Å². The average molecular weight is 247 g/mol. The van der Waals surface area contributed by atoms with Crippen molar-refractivity contribution >= 4 is 17.3 Å². The summed E-state index contributed by atoms with van der Waals surface area (Å²) in [5, 5.41) is 2.91. The molecule has 0 saturated heterocycles. The number of nitrogens with zero attached hydrogens (tertiary/aromatic N) is 1. The Morgan fingerprint density at radius 3 is 2.89 bits per heavy atom. The van der Waals surface area contributed by atoms with E-state index in [1.54, 1.807) is 6.07 Å². The van der Waals surface area contributed by atoms with Crippen LogP contribution in [0.1, 0.15) is 18.4 Å². The second-order valence-corrected chi connectivity index (χ2v) is 5.26. The lowest BCUT2D eigenvalue weighted by Gasteiger charge is -2.16. The number of nitrogen functional groups attached to an aromatic ring is 1. The summed E-state index contributed by atoms with van der Waals surface area (Å²) in [6, 6.07) is 5.55. The monoisotopic (exact) mass is 247 g/mol. The standard InChI is InChI=1S/C14H21N3O/c1-10-3-6-12(15)7-13(10)16-14(18)9-17(2)8-11-4-5-11/h3,6-7,11H,4-5,8-9,15H2,1-2H3,(H,16,18). The third-order valence-electron chi connectivity index (χ3n) is 3.22. The molecule has 0 bridgehead atoms. The largest absolute Gasteiger partial charge is 0.399 e. The maximum absolute atomic E-state index is 11.9. The predicted octanol–water partition coefficient (Wildman–Crippen LogP) is 1.86. The number of aryl methyl sites for hydroxylation is 1. The maximum atomic E-state index is 11.9. The molecule has 98 valence electrons. The lowest BCUT2D eigenvalue weighted by atomic mass is 10.2. The van der Waals surface area contributed by atoms with Crippen LogP contribution in [0.2, 0.25) is 0 Å². The zero-order chi connectivity index (χ0) is 13.1. The number of amides is 1. The predicted molar refractivity (Wildman–Crippen MR) is 74.4 cm³/mol. The summed E-state index contributed by atoms with van der Waals surface area (Å²) >= 11 is 0. The van der Waals surface area contributed by atoms with Crippen molar-refractivity contribution in [1.82, 2.24) is 4.90 Å². The minimum atomic E-state index is 0.0202. The molecule has 0 aromatic heterocycles. The van der Waals surface area contributed by atoms with E-state index in [1.807, 2.05) is 26.1 Å². The normalized spacial score (nSPS) is 14.8. The fourth-order valence-electron chi connectivity index (χ4n) is 2.01. The van der Waals surface area contributed by atoms with Crippen LogP contribution in [-0.4, -0.2) is 30.9 Å². The van der Waals surface area contributed by atoms with E-state index in [4.69, 9.17) is 5.73 Å². The smallest absolute Gasteiger partial charge is 0.238 e. The molecular weight excluding hydrogens is 226 g/mol. The van der Waals surface area contributed by atoms with Gasteiger partial charge >= 0.3 is 0 Å². The molecule has 0 spiro atoms. The van der Waals surface area contributed by atoms with Gasteiger partial charge in [-0.05, 0) is 50.4 Å². The molecule has 2 rings (SSSR count). The number of hydrogen-bond acceptors (Lipinski definition) is 3. The molecule has 1 aromatic rings. The maximum Gasteiger partial charge on any atom is 0.238 e. The van der Waals surface area contributed by atoms with Gasteiger partial charge in [0.05, 0.1) is 6.54 Å². The fourth-order valence-corrected chi connectivity index (χ4v) is 2.01. The van der Waals surface area contributed by atoms with Crippen LogP contribution in [0.5, 0.6) is 0 Å². The van der Waals surface area contributed by atoms with Crippen LogP contribution in [0.15, 0.2) is 18.2 Å². The van der Waals surface area contributed by atoms with Crippen LogP contribution in [-0.2, 0) is 4.79 Å². The zero-order valence-electron chi connectivity index (χ0n) is 11.1. The van der Waals surface area contributed by atoms with Crippen LogP contribution in [0, 0.1) is 12.8 Å². The zero-order valence-corrected chi connectivity index (χ0v) is 11.1. The van der Waals surface area contributed by atoms with Crippen molar-refractivity contribution in [3.8, 4) is 0 Å². The van der Waals surface area contributed by atoms with Gasteiger partial charge < -0.3 is 11.1 Å². The lowest BCUT2D eigenvalue weighted by molar-refractivity contribution is -0.117. The minimum absolute atomic E-state index is 0.0202. The van der Waals surface area contributed by atoms with E-state index in [0.29, 0.717) is 12.2 Å². The highest BCUT2D eigenvalue weighted by Crippen LogP contribution is 2.29. The van der Waals surface area contributed by atoms with E-state index in [1.165, 1.54) is 12.8 Å². The van der Waals surface area contributed by atoms with Gasteiger partial charge in [0.1, 0.15) is 0 Å². The van der Waals surface area contributed by atoms with Crippen LogP contribution in [0.3, 0.4) is 0 Å². The number of carbonyl (C=O) groups excluding carboxylic acids is 1. The van der Waals surface area contributed by atoms with Crippen molar-refractivity contribution in [2.24, 2.45) is 5.92 Å². The number of hydrogen-bond donors (Lipinski definition) is 2. The van der Waals surface area contributed by atoms with E-state index in [2.05, 4.69) is 10.2 Å². The Hall–Kier alpha value is -1.55. The first kappa shape index (κ1) is 12.9. The number of anilines is 2. The van der Waals surface area contributed by atoms with Crippen molar-refractivity contribution in [2.45, 2.75) is 19.8 Å². The summed E-state index contributed by atoms with van der Waals surface area (Å²) in [6.45, 7) is 3.41. The summed E-state index contributed by atoms with van der Waals surface area (Å²) in [7, 11) is 1.99. The van der Waals surface area contributed by atoms with Crippen LogP contribution in [0.4, 0.5) is 11.4 Å². The molecule has 3 N–H and O–H groups in total. The molecule has 1 saturated carbocycles. The van der Waals surface area contributed by atoms with Crippen molar-refractivity contribution in [3.05, 3.63) is 23.8 Å². The summed E-state index contributed by atoms with van der Waals surface area (Å²) in [5.41, 5.74) is 8.22. The molecule has 1 fully saturated rings. The second-order valence-electron chi connectivity index (χ2n) is 5.26. The Balaban J connectivity index is 1.87. The molecule has 1 aliphatic carbocycles. The highest BCUT2D eigenvalue weighted by atomic mass is 16.2. The molecule has 4 heteroatoms. The molecule has 1 aromatic carbocycles. The number of benzene rings is 1. The summed E-state index contributed by atoms with van der Waals surface area (Å²) < 4.78 is 0. The first-order chi connectivity index (χ1) is 8.54.